The molecule has 0 radical (unpaired) electrons. The third-order valence-corrected chi connectivity index (χ3v) is 6.31. The number of hydrazone groups is 1. The van der Waals surface area contributed by atoms with Gasteiger partial charge in [0.25, 0.3) is 5.69 Å². The molecule has 150 valence electrons. The van der Waals surface area contributed by atoms with Gasteiger partial charge in [-0.3, -0.25) is 10.1 Å². The molecule has 0 heterocycles. The maximum Gasteiger partial charge on any atom is 0.335 e. The summed E-state index contributed by atoms with van der Waals surface area (Å²) in [5, 5.41) is 28.1. The van der Waals surface area contributed by atoms with Gasteiger partial charge in [0.05, 0.1) is 24.3 Å². The third kappa shape index (κ3) is 3.48. The maximum absolute atomic E-state index is 12.4. The van der Waals surface area contributed by atoms with Crippen molar-refractivity contribution in [1.29, 1.82) is 0 Å². The Labute approximate surface area is 162 Å². The quantitative estimate of drug-likeness (QED) is 0.406. The van der Waals surface area contributed by atoms with Gasteiger partial charge in [-0.25, -0.2) is 10.2 Å². The molecule has 9 nitrogen and oxygen atoms in total. The standard InChI is InChI=1S/C19H24N4O5/c1-28-16-6-15(23(26)27)5-14(17(16)24)10-20-22-18(25)21-19-7-11-2-12(8-19)4-13(3-11)9-19/h5-6,10-13,24H,2-4,7-9H2,1H3,(H2,21,22,25)/b20-10-. The molecule has 0 aliphatic heterocycles. The molecule has 9 heteroatoms. The molecule has 2 amide bonds. The summed E-state index contributed by atoms with van der Waals surface area (Å²) in [5.74, 6) is 1.83. The van der Waals surface area contributed by atoms with Gasteiger partial charge in [0, 0.05) is 17.2 Å². The number of hydrogen-bond donors (Lipinski definition) is 3. The molecule has 4 saturated carbocycles. The fraction of sp³-hybridized carbons (Fsp3) is 0.579. The zero-order chi connectivity index (χ0) is 19.9. The van der Waals surface area contributed by atoms with E-state index in [-0.39, 0.29) is 28.3 Å². The molecule has 4 aliphatic carbocycles. The van der Waals surface area contributed by atoms with E-state index in [0.29, 0.717) is 17.8 Å². The molecule has 0 spiro atoms. The lowest BCUT2D eigenvalue weighted by molar-refractivity contribution is -0.385. The Morgan fingerprint density at radius 1 is 1.29 bits per heavy atom. The molecule has 3 N–H and O–H groups in total. The number of nitrogens with one attached hydrogen (secondary N) is 2. The monoisotopic (exact) mass is 388 g/mol. The van der Waals surface area contributed by atoms with Crippen LogP contribution in [0.25, 0.3) is 0 Å². The number of ether oxygens (including phenoxy) is 1. The first-order valence-electron chi connectivity index (χ1n) is 9.54. The van der Waals surface area contributed by atoms with Gasteiger partial charge in [-0.05, 0) is 56.3 Å². The number of nitro benzene ring substituents is 1. The largest absolute Gasteiger partial charge is 0.504 e. The fourth-order valence-electron chi connectivity index (χ4n) is 5.67. The minimum Gasteiger partial charge on any atom is -0.504 e. The molecule has 4 fully saturated rings. The van der Waals surface area contributed by atoms with Crippen LogP contribution >= 0.6 is 0 Å². The molecule has 0 saturated heterocycles. The molecule has 4 aliphatic rings. The number of urea groups is 1. The van der Waals surface area contributed by atoms with E-state index < -0.39 is 11.0 Å². The number of carbonyl (C=O) groups is 1. The first-order chi connectivity index (χ1) is 13.4. The van der Waals surface area contributed by atoms with Crippen molar-refractivity contribution in [1.82, 2.24) is 10.7 Å². The van der Waals surface area contributed by atoms with Crippen molar-refractivity contribution in [2.45, 2.75) is 44.1 Å². The fourth-order valence-corrected chi connectivity index (χ4v) is 5.67. The smallest absolute Gasteiger partial charge is 0.335 e. The van der Waals surface area contributed by atoms with Crippen LogP contribution < -0.4 is 15.5 Å². The summed E-state index contributed by atoms with van der Waals surface area (Å²) in [7, 11) is 1.30. The summed E-state index contributed by atoms with van der Waals surface area (Å²) in [5.41, 5.74) is 2.13. The summed E-state index contributed by atoms with van der Waals surface area (Å²) in [4.78, 5) is 22.8. The van der Waals surface area contributed by atoms with Crippen molar-refractivity contribution in [2.75, 3.05) is 7.11 Å². The molecule has 0 aromatic heterocycles. The number of nitro groups is 1. The molecule has 1 aromatic rings. The van der Waals surface area contributed by atoms with E-state index >= 15 is 0 Å². The molecular weight excluding hydrogens is 364 g/mol. The van der Waals surface area contributed by atoms with Gasteiger partial charge in [-0.1, -0.05) is 0 Å². The Balaban J connectivity index is 1.42. The number of rotatable bonds is 5. The molecule has 5 rings (SSSR count). The molecule has 1 aromatic carbocycles. The highest BCUT2D eigenvalue weighted by Gasteiger charge is 2.51. The van der Waals surface area contributed by atoms with Crippen molar-refractivity contribution in [2.24, 2.45) is 22.9 Å². The zero-order valence-corrected chi connectivity index (χ0v) is 15.7. The second-order valence-electron chi connectivity index (χ2n) is 8.36. The van der Waals surface area contributed by atoms with Crippen molar-refractivity contribution < 1.29 is 19.6 Å². The number of hydrogen-bond acceptors (Lipinski definition) is 6. The van der Waals surface area contributed by atoms with Crippen molar-refractivity contribution in [3.63, 3.8) is 0 Å². The average molecular weight is 388 g/mol. The van der Waals surface area contributed by atoms with E-state index in [1.54, 1.807) is 0 Å². The van der Waals surface area contributed by atoms with Crippen LogP contribution in [0.1, 0.15) is 44.1 Å². The highest BCUT2D eigenvalue weighted by atomic mass is 16.6. The van der Waals surface area contributed by atoms with E-state index in [9.17, 15) is 20.0 Å². The minimum absolute atomic E-state index is 0.0336. The second-order valence-corrected chi connectivity index (χ2v) is 8.36. The Morgan fingerprint density at radius 2 is 1.89 bits per heavy atom. The van der Waals surface area contributed by atoms with Crippen molar-refractivity contribution in [3.05, 3.63) is 27.8 Å². The predicted octanol–water partition coefficient (Wildman–Crippen LogP) is 2.91. The average Bonchev–Trinajstić information content (AvgIpc) is 2.61. The Morgan fingerprint density at radius 3 is 2.43 bits per heavy atom. The molecule has 4 bridgehead atoms. The Hall–Kier alpha value is -2.84. The number of amides is 2. The summed E-state index contributed by atoms with van der Waals surface area (Å²) >= 11 is 0. The van der Waals surface area contributed by atoms with Crippen LogP contribution in [0.4, 0.5) is 10.5 Å². The first kappa shape index (κ1) is 18.5. The van der Waals surface area contributed by atoms with Crippen molar-refractivity contribution >= 4 is 17.9 Å². The lowest BCUT2D eigenvalue weighted by Gasteiger charge is -2.56. The van der Waals surface area contributed by atoms with Gasteiger partial charge in [0.15, 0.2) is 11.5 Å². The highest BCUT2D eigenvalue weighted by molar-refractivity contribution is 5.87. The second kappa shape index (κ2) is 6.96. The number of phenols is 1. The Bertz CT molecular complexity index is 803. The lowest BCUT2D eigenvalue weighted by atomic mass is 9.53. The van der Waals surface area contributed by atoms with Crippen LogP contribution in [0, 0.1) is 27.9 Å². The summed E-state index contributed by atoms with van der Waals surface area (Å²) < 4.78 is 4.95. The van der Waals surface area contributed by atoms with Crippen LogP contribution in [-0.4, -0.2) is 34.9 Å². The zero-order valence-electron chi connectivity index (χ0n) is 15.7. The third-order valence-electron chi connectivity index (χ3n) is 6.31. The van der Waals surface area contributed by atoms with Gasteiger partial charge in [0.1, 0.15) is 0 Å². The summed E-state index contributed by atoms with van der Waals surface area (Å²) in [6.45, 7) is 0. The number of aromatic hydroxyl groups is 1. The van der Waals surface area contributed by atoms with Gasteiger partial charge >= 0.3 is 6.03 Å². The SMILES string of the molecule is COc1cc([N+](=O)[O-])cc(/C=N\NC(=O)NC23CC4CC(CC(C4)C2)C3)c1O. The van der Waals surface area contributed by atoms with E-state index in [0.717, 1.165) is 25.3 Å². The number of methoxy groups -OCH3 is 1. The number of non-ortho nitro benzene ring substituents is 1. The van der Waals surface area contributed by atoms with Gasteiger partial charge in [0.2, 0.25) is 0 Å². The van der Waals surface area contributed by atoms with Crippen LogP contribution in [0.15, 0.2) is 17.2 Å². The van der Waals surface area contributed by atoms with E-state index in [1.807, 2.05) is 0 Å². The number of phenolic OH excluding ortho intramolecular Hbond substituents is 1. The van der Waals surface area contributed by atoms with E-state index in [2.05, 4.69) is 15.8 Å². The summed E-state index contributed by atoms with van der Waals surface area (Å²) in [6.07, 6.45) is 8.11. The maximum atomic E-state index is 12.4. The molecular formula is C19H24N4O5. The van der Waals surface area contributed by atoms with Crippen LogP contribution in [0.5, 0.6) is 11.5 Å². The first-order valence-corrected chi connectivity index (χ1v) is 9.54. The van der Waals surface area contributed by atoms with Crippen LogP contribution in [-0.2, 0) is 0 Å². The number of benzene rings is 1. The highest BCUT2D eigenvalue weighted by Crippen LogP contribution is 2.55. The molecule has 28 heavy (non-hydrogen) atoms. The normalized spacial score (nSPS) is 30.4. The number of nitrogens with zero attached hydrogens (tertiary/aromatic N) is 2. The van der Waals surface area contributed by atoms with Gasteiger partial charge in [-0.2, -0.15) is 5.10 Å². The van der Waals surface area contributed by atoms with Gasteiger partial charge < -0.3 is 15.2 Å². The lowest BCUT2D eigenvalue weighted by Crippen LogP contribution is -2.61. The topological polar surface area (TPSA) is 126 Å². The predicted molar refractivity (Wildman–Crippen MR) is 101 cm³/mol. The number of carbonyl (C=O) groups excluding carboxylic acids is 1. The molecule has 0 atom stereocenters. The van der Waals surface area contributed by atoms with Crippen LogP contribution in [0.2, 0.25) is 0 Å². The molecule has 0 unspecified atom stereocenters. The van der Waals surface area contributed by atoms with Gasteiger partial charge in [-0.15, -0.1) is 0 Å². The summed E-state index contributed by atoms with van der Waals surface area (Å²) in [6, 6.07) is 1.90. The van der Waals surface area contributed by atoms with Crippen molar-refractivity contribution in [3.8, 4) is 11.5 Å². The van der Waals surface area contributed by atoms with E-state index in [4.69, 9.17) is 4.74 Å². The minimum atomic E-state index is -0.591. The Kier molecular flexibility index (Phi) is 4.60. The van der Waals surface area contributed by atoms with Crippen LogP contribution in [0.3, 0.4) is 0 Å². The van der Waals surface area contributed by atoms with E-state index in [1.165, 1.54) is 38.7 Å².